The number of rotatable bonds is 3. The normalized spacial score (nSPS) is 29.2. The first-order valence-corrected chi connectivity index (χ1v) is 6.68. The largest absolute Gasteiger partial charge is 0.308 e. The van der Waals surface area contributed by atoms with E-state index in [2.05, 4.69) is 29.1 Å². The van der Waals surface area contributed by atoms with E-state index in [1.165, 1.54) is 19.3 Å². The van der Waals surface area contributed by atoms with Gasteiger partial charge >= 0.3 is 0 Å². The molecule has 0 aliphatic heterocycles. The Hall–Kier alpha value is -0.960. The summed E-state index contributed by atoms with van der Waals surface area (Å²) in [5.41, 5.74) is 1.10. The van der Waals surface area contributed by atoms with Crippen molar-refractivity contribution in [3.8, 4) is 0 Å². The third-order valence-corrected chi connectivity index (χ3v) is 4.09. The molecule has 1 aliphatic carbocycles. The molecule has 3 unspecified atom stereocenters. The van der Waals surface area contributed by atoms with Crippen LogP contribution in [0.3, 0.4) is 0 Å². The fourth-order valence-corrected chi connectivity index (χ4v) is 2.71. The van der Waals surface area contributed by atoms with Gasteiger partial charge in [-0.05, 0) is 31.2 Å². The van der Waals surface area contributed by atoms with Crippen molar-refractivity contribution in [1.29, 1.82) is 0 Å². The first-order chi connectivity index (χ1) is 8.16. The minimum atomic E-state index is 0.647. The molecule has 1 aliphatic rings. The molecule has 0 bridgehead atoms. The van der Waals surface area contributed by atoms with E-state index in [0.717, 1.165) is 29.9 Å². The third kappa shape index (κ3) is 3.25. The fourth-order valence-electron chi connectivity index (χ4n) is 2.71. The van der Waals surface area contributed by atoms with Gasteiger partial charge in [0.2, 0.25) is 0 Å². The highest BCUT2D eigenvalue weighted by atomic mass is 15.0. The van der Waals surface area contributed by atoms with Crippen molar-refractivity contribution in [2.24, 2.45) is 11.8 Å². The molecule has 1 saturated carbocycles. The standard InChI is InChI=1S/C14H23N3/c1-10-5-4-6-14(11(10)2)16-9-13-7-8-15-12(3)17-13/h7-8,10-11,14,16H,4-6,9H2,1-3H3. The minimum absolute atomic E-state index is 0.647. The van der Waals surface area contributed by atoms with Gasteiger partial charge in [-0.3, -0.25) is 0 Å². The number of aryl methyl sites for hydroxylation is 1. The first-order valence-electron chi connectivity index (χ1n) is 6.68. The molecule has 0 saturated heterocycles. The Morgan fingerprint density at radius 1 is 1.35 bits per heavy atom. The summed E-state index contributed by atoms with van der Waals surface area (Å²) in [5.74, 6) is 2.47. The van der Waals surface area contributed by atoms with Crippen LogP contribution in [0.25, 0.3) is 0 Å². The lowest BCUT2D eigenvalue weighted by molar-refractivity contribution is 0.205. The maximum absolute atomic E-state index is 4.43. The van der Waals surface area contributed by atoms with E-state index in [1.54, 1.807) is 0 Å². The highest BCUT2D eigenvalue weighted by Gasteiger charge is 2.26. The van der Waals surface area contributed by atoms with E-state index < -0.39 is 0 Å². The van der Waals surface area contributed by atoms with Gasteiger partial charge in [0.05, 0.1) is 5.69 Å². The number of nitrogens with one attached hydrogen (secondary N) is 1. The highest BCUT2D eigenvalue weighted by molar-refractivity contribution is 5.01. The zero-order chi connectivity index (χ0) is 12.3. The van der Waals surface area contributed by atoms with Gasteiger partial charge in [0.15, 0.2) is 0 Å². The molecule has 17 heavy (non-hydrogen) atoms. The Balaban J connectivity index is 1.89. The molecule has 1 N–H and O–H groups in total. The molecule has 3 atom stereocenters. The van der Waals surface area contributed by atoms with Crippen LogP contribution in [0.5, 0.6) is 0 Å². The molecule has 1 heterocycles. The molecule has 0 radical (unpaired) electrons. The van der Waals surface area contributed by atoms with E-state index in [-0.39, 0.29) is 0 Å². The molecule has 94 valence electrons. The van der Waals surface area contributed by atoms with Crippen LogP contribution >= 0.6 is 0 Å². The lowest BCUT2D eigenvalue weighted by Gasteiger charge is -2.34. The number of hydrogen-bond donors (Lipinski definition) is 1. The summed E-state index contributed by atoms with van der Waals surface area (Å²) < 4.78 is 0. The van der Waals surface area contributed by atoms with Crippen molar-refractivity contribution in [3.63, 3.8) is 0 Å². The summed E-state index contributed by atoms with van der Waals surface area (Å²) in [7, 11) is 0. The zero-order valence-electron chi connectivity index (χ0n) is 11.1. The van der Waals surface area contributed by atoms with Crippen LogP contribution in [0, 0.1) is 18.8 Å². The number of aromatic nitrogens is 2. The Bertz CT molecular complexity index is 364. The van der Waals surface area contributed by atoms with E-state index >= 15 is 0 Å². The van der Waals surface area contributed by atoms with Gasteiger partial charge in [-0.25, -0.2) is 9.97 Å². The topological polar surface area (TPSA) is 37.8 Å². The lowest BCUT2D eigenvalue weighted by atomic mass is 9.78. The number of hydrogen-bond acceptors (Lipinski definition) is 3. The summed E-state index contributed by atoms with van der Waals surface area (Å²) in [6.45, 7) is 7.54. The van der Waals surface area contributed by atoms with Gasteiger partial charge in [0.1, 0.15) is 5.82 Å². The molecule has 3 heteroatoms. The second kappa shape index (κ2) is 5.58. The Labute approximate surface area is 104 Å². The predicted octanol–water partition coefficient (Wildman–Crippen LogP) is 2.70. The first kappa shape index (κ1) is 12.5. The monoisotopic (exact) mass is 233 g/mol. The summed E-state index contributed by atoms with van der Waals surface area (Å²) in [5, 5.41) is 3.66. The maximum atomic E-state index is 4.43. The van der Waals surface area contributed by atoms with Crippen LogP contribution in [0.15, 0.2) is 12.3 Å². The van der Waals surface area contributed by atoms with Gasteiger partial charge in [-0.2, -0.15) is 0 Å². The lowest BCUT2D eigenvalue weighted by Crippen LogP contribution is -2.40. The van der Waals surface area contributed by atoms with Crippen LogP contribution in [0.1, 0.15) is 44.6 Å². The van der Waals surface area contributed by atoms with Gasteiger partial charge in [0, 0.05) is 18.8 Å². The van der Waals surface area contributed by atoms with E-state index in [4.69, 9.17) is 0 Å². The van der Waals surface area contributed by atoms with Gasteiger partial charge in [-0.1, -0.05) is 26.7 Å². The van der Waals surface area contributed by atoms with Gasteiger partial charge < -0.3 is 5.32 Å². The van der Waals surface area contributed by atoms with E-state index in [0.29, 0.717) is 6.04 Å². The van der Waals surface area contributed by atoms with Crippen LogP contribution in [-0.4, -0.2) is 16.0 Å². The molecule has 1 aromatic rings. The van der Waals surface area contributed by atoms with Crippen molar-refractivity contribution < 1.29 is 0 Å². The minimum Gasteiger partial charge on any atom is -0.308 e. The molecular formula is C14H23N3. The van der Waals surface area contributed by atoms with Crippen LogP contribution in [0.2, 0.25) is 0 Å². The molecular weight excluding hydrogens is 210 g/mol. The van der Waals surface area contributed by atoms with Crippen molar-refractivity contribution in [3.05, 3.63) is 23.8 Å². The summed E-state index contributed by atoms with van der Waals surface area (Å²) in [6, 6.07) is 2.64. The average molecular weight is 233 g/mol. The van der Waals surface area contributed by atoms with Crippen molar-refractivity contribution in [2.75, 3.05) is 0 Å². The predicted molar refractivity (Wildman–Crippen MR) is 69.6 cm³/mol. The molecule has 2 rings (SSSR count). The molecule has 3 nitrogen and oxygen atoms in total. The maximum Gasteiger partial charge on any atom is 0.125 e. The molecule has 0 aromatic carbocycles. The Morgan fingerprint density at radius 2 is 2.18 bits per heavy atom. The van der Waals surface area contributed by atoms with Crippen molar-refractivity contribution in [1.82, 2.24) is 15.3 Å². The average Bonchev–Trinajstić information content (AvgIpc) is 2.31. The molecule has 1 aromatic heterocycles. The van der Waals surface area contributed by atoms with Crippen LogP contribution < -0.4 is 5.32 Å². The summed E-state index contributed by atoms with van der Waals surface area (Å²) in [6.07, 6.45) is 5.87. The third-order valence-electron chi connectivity index (χ3n) is 4.09. The fraction of sp³-hybridized carbons (Fsp3) is 0.714. The van der Waals surface area contributed by atoms with Crippen molar-refractivity contribution >= 4 is 0 Å². The zero-order valence-corrected chi connectivity index (χ0v) is 11.1. The second-order valence-corrected chi connectivity index (χ2v) is 5.35. The summed E-state index contributed by atoms with van der Waals surface area (Å²) >= 11 is 0. The van der Waals surface area contributed by atoms with Crippen LogP contribution in [0.4, 0.5) is 0 Å². The van der Waals surface area contributed by atoms with E-state index in [9.17, 15) is 0 Å². The SMILES string of the molecule is Cc1nccc(CNC2CCCC(C)C2C)n1. The van der Waals surface area contributed by atoms with Crippen molar-refractivity contribution in [2.45, 2.75) is 52.6 Å². The Kier molecular flexibility index (Phi) is 4.11. The van der Waals surface area contributed by atoms with E-state index in [1.807, 2.05) is 19.2 Å². The molecule has 0 spiro atoms. The highest BCUT2D eigenvalue weighted by Crippen LogP contribution is 2.29. The van der Waals surface area contributed by atoms with Crippen LogP contribution in [-0.2, 0) is 6.54 Å². The molecule has 0 amide bonds. The number of nitrogens with zero attached hydrogens (tertiary/aromatic N) is 2. The van der Waals surface area contributed by atoms with Gasteiger partial charge in [0.25, 0.3) is 0 Å². The molecule has 1 fully saturated rings. The smallest absolute Gasteiger partial charge is 0.125 e. The summed E-state index contributed by atoms with van der Waals surface area (Å²) in [4.78, 5) is 8.55. The Morgan fingerprint density at radius 3 is 2.94 bits per heavy atom. The quantitative estimate of drug-likeness (QED) is 0.872. The van der Waals surface area contributed by atoms with Gasteiger partial charge in [-0.15, -0.1) is 0 Å². The second-order valence-electron chi connectivity index (χ2n) is 5.35.